The second-order valence-electron chi connectivity index (χ2n) is 8.00. The summed E-state index contributed by atoms with van der Waals surface area (Å²) in [4.78, 5) is 27.1. The number of halogens is 1. The van der Waals surface area contributed by atoms with Crippen LogP contribution in [0.2, 0.25) is 0 Å². The van der Waals surface area contributed by atoms with Crippen molar-refractivity contribution in [1.82, 2.24) is 25.0 Å². The number of nitrogens with zero attached hydrogens (tertiary/aromatic N) is 4. The third-order valence-corrected chi connectivity index (χ3v) is 5.82. The fourth-order valence-corrected chi connectivity index (χ4v) is 4.01. The van der Waals surface area contributed by atoms with Crippen LogP contribution < -0.4 is 5.32 Å². The van der Waals surface area contributed by atoms with Crippen LogP contribution in [0.1, 0.15) is 29.0 Å². The molecule has 8 heteroatoms. The van der Waals surface area contributed by atoms with E-state index >= 15 is 0 Å². The molecule has 2 amide bonds. The molecule has 2 aromatic carbocycles. The standard InChI is InChI=1S/C24H26FN5O2/c1-29-21(27-28-22(29)17-6-3-2-4-7-17)13-14-26-23(31)19-8-5-15-30(16-19)24(32)18-9-11-20(25)12-10-18/h2-4,6-7,9-12,19H,5,8,13-16H2,1H3,(H,26,31). The summed E-state index contributed by atoms with van der Waals surface area (Å²) in [6, 6.07) is 15.3. The smallest absolute Gasteiger partial charge is 0.253 e. The highest BCUT2D eigenvalue weighted by molar-refractivity contribution is 5.94. The van der Waals surface area contributed by atoms with Gasteiger partial charge in [-0.25, -0.2) is 4.39 Å². The number of hydrogen-bond acceptors (Lipinski definition) is 4. The summed E-state index contributed by atoms with van der Waals surface area (Å²) in [5.41, 5.74) is 1.43. The van der Waals surface area contributed by atoms with Crippen molar-refractivity contribution in [3.8, 4) is 11.4 Å². The number of carbonyl (C=O) groups excluding carboxylic acids is 2. The number of piperidine rings is 1. The molecule has 1 fully saturated rings. The van der Waals surface area contributed by atoms with Crippen molar-refractivity contribution < 1.29 is 14.0 Å². The maximum absolute atomic E-state index is 13.1. The highest BCUT2D eigenvalue weighted by Crippen LogP contribution is 2.20. The molecule has 4 rings (SSSR count). The SMILES string of the molecule is Cn1c(CCNC(=O)C2CCCN(C(=O)c3ccc(F)cc3)C2)nnc1-c1ccccc1. The quantitative estimate of drug-likeness (QED) is 0.646. The summed E-state index contributed by atoms with van der Waals surface area (Å²) >= 11 is 0. The second kappa shape index (κ2) is 9.72. The topological polar surface area (TPSA) is 80.1 Å². The van der Waals surface area contributed by atoms with E-state index in [1.807, 2.05) is 41.9 Å². The van der Waals surface area contributed by atoms with Gasteiger partial charge in [-0.15, -0.1) is 10.2 Å². The van der Waals surface area contributed by atoms with E-state index < -0.39 is 0 Å². The molecule has 1 N–H and O–H groups in total. The van der Waals surface area contributed by atoms with Gasteiger partial charge < -0.3 is 14.8 Å². The number of aromatic nitrogens is 3. The van der Waals surface area contributed by atoms with Gasteiger partial charge >= 0.3 is 0 Å². The molecule has 0 saturated carbocycles. The molecule has 1 unspecified atom stereocenters. The first-order valence-electron chi connectivity index (χ1n) is 10.8. The Hall–Kier alpha value is -3.55. The number of carbonyl (C=O) groups is 2. The predicted molar refractivity (Wildman–Crippen MR) is 118 cm³/mol. The van der Waals surface area contributed by atoms with Crippen LogP contribution in [0, 0.1) is 11.7 Å². The molecule has 0 spiro atoms. The molecule has 1 aliphatic rings. The number of nitrogens with one attached hydrogen (secondary N) is 1. The minimum Gasteiger partial charge on any atom is -0.355 e. The summed E-state index contributed by atoms with van der Waals surface area (Å²) in [6.07, 6.45) is 2.06. The van der Waals surface area contributed by atoms with Gasteiger partial charge in [-0.2, -0.15) is 0 Å². The third kappa shape index (κ3) is 4.85. The Balaban J connectivity index is 1.30. The van der Waals surface area contributed by atoms with Crippen molar-refractivity contribution >= 4 is 11.8 Å². The molecule has 2 heterocycles. The number of hydrogen-bond donors (Lipinski definition) is 1. The zero-order valence-electron chi connectivity index (χ0n) is 18.0. The lowest BCUT2D eigenvalue weighted by atomic mass is 9.96. The van der Waals surface area contributed by atoms with E-state index in [0.29, 0.717) is 31.6 Å². The average Bonchev–Trinajstić information content (AvgIpc) is 3.20. The molecule has 166 valence electrons. The van der Waals surface area contributed by atoms with Gasteiger partial charge in [-0.3, -0.25) is 9.59 Å². The van der Waals surface area contributed by atoms with Crippen molar-refractivity contribution in [2.75, 3.05) is 19.6 Å². The van der Waals surface area contributed by atoms with Gasteiger partial charge in [0, 0.05) is 44.2 Å². The normalized spacial score (nSPS) is 16.1. The van der Waals surface area contributed by atoms with Gasteiger partial charge in [0.2, 0.25) is 5.91 Å². The lowest BCUT2D eigenvalue weighted by Gasteiger charge is -2.32. The van der Waals surface area contributed by atoms with Crippen LogP contribution in [-0.2, 0) is 18.3 Å². The van der Waals surface area contributed by atoms with Gasteiger partial charge in [0.1, 0.15) is 11.6 Å². The van der Waals surface area contributed by atoms with Crippen molar-refractivity contribution in [2.45, 2.75) is 19.3 Å². The predicted octanol–water partition coefficient (Wildman–Crippen LogP) is 2.83. The molecule has 32 heavy (non-hydrogen) atoms. The number of amides is 2. The lowest BCUT2D eigenvalue weighted by molar-refractivity contribution is -0.126. The van der Waals surface area contributed by atoms with Gasteiger partial charge in [0.15, 0.2) is 5.82 Å². The summed E-state index contributed by atoms with van der Waals surface area (Å²) in [6.45, 7) is 1.41. The highest BCUT2D eigenvalue weighted by atomic mass is 19.1. The van der Waals surface area contributed by atoms with Crippen molar-refractivity contribution in [3.63, 3.8) is 0 Å². The van der Waals surface area contributed by atoms with Gasteiger partial charge in [0.05, 0.1) is 5.92 Å². The average molecular weight is 436 g/mol. The van der Waals surface area contributed by atoms with Crippen LogP contribution in [0.5, 0.6) is 0 Å². The summed E-state index contributed by atoms with van der Waals surface area (Å²) in [5, 5.41) is 11.5. The third-order valence-electron chi connectivity index (χ3n) is 5.82. The summed E-state index contributed by atoms with van der Waals surface area (Å²) in [7, 11) is 1.92. The molecule has 1 saturated heterocycles. The molecule has 3 aromatic rings. The monoisotopic (exact) mass is 435 g/mol. The van der Waals surface area contributed by atoms with Gasteiger partial charge in [-0.1, -0.05) is 30.3 Å². The first-order chi connectivity index (χ1) is 15.5. The van der Waals surface area contributed by atoms with E-state index in [2.05, 4.69) is 15.5 Å². The Bertz CT molecular complexity index is 1080. The fourth-order valence-electron chi connectivity index (χ4n) is 4.01. The van der Waals surface area contributed by atoms with Crippen molar-refractivity contribution in [3.05, 3.63) is 71.8 Å². The number of benzene rings is 2. The zero-order chi connectivity index (χ0) is 22.5. The van der Waals surface area contributed by atoms with Gasteiger partial charge in [0.25, 0.3) is 5.91 Å². The Morgan fingerprint density at radius 1 is 1.09 bits per heavy atom. The Kier molecular flexibility index (Phi) is 6.58. The van der Waals surface area contributed by atoms with E-state index in [9.17, 15) is 14.0 Å². The number of rotatable bonds is 6. The molecule has 0 bridgehead atoms. The van der Waals surface area contributed by atoms with Crippen LogP contribution in [-0.4, -0.2) is 51.1 Å². The maximum Gasteiger partial charge on any atom is 0.253 e. The van der Waals surface area contributed by atoms with Crippen LogP contribution >= 0.6 is 0 Å². The molecule has 1 aliphatic heterocycles. The first kappa shape index (κ1) is 21.7. The molecule has 1 aromatic heterocycles. The molecule has 0 aliphatic carbocycles. The molecule has 0 radical (unpaired) electrons. The van der Waals surface area contributed by atoms with E-state index in [1.165, 1.54) is 24.3 Å². The molecular weight excluding hydrogens is 409 g/mol. The van der Waals surface area contributed by atoms with E-state index in [4.69, 9.17) is 0 Å². The van der Waals surface area contributed by atoms with E-state index in [0.717, 1.165) is 30.1 Å². The Morgan fingerprint density at radius 2 is 1.84 bits per heavy atom. The zero-order valence-corrected chi connectivity index (χ0v) is 18.0. The maximum atomic E-state index is 13.1. The fraction of sp³-hybridized carbons (Fsp3) is 0.333. The first-order valence-corrected chi connectivity index (χ1v) is 10.8. The highest BCUT2D eigenvalue weighted by Gasteiger charge is 2.28. The van der Waals surface area contributed by atoms with Gasteiger partial charge in [-0.05, 0) is 37.1 Å². The largest absolute Gasteiger partial charge is 0.355 e. The minimum absolute atomic E-state index is 0.0629. The van der Waals surface area contributed by atoms with E-state index in [1.54, 1.807) is 4.90 Å². The van der Waals surface area contributed by atoms with Crippen molar-refractivity contribution in [1.29, 1.82) is 0 Å². The van der Waals surface area contributed by atoms with Crippen LogP contribution in [0.4, 0.5) is 4.39 Å². The van der Waals surface area contributed by atoms with Crippen molar-refractivity contribution in [2.24, 2.45) is 13.0 Å². The lowest BCUT2D eigenvalue weighted by Crippen LogP contribution is -2.45. The van der Waals surface area contributed by atoms with Crippen LogP contribution in [0.25, 0.3) is 11.4 Å². The Labute approximate surface area is 186 Å². The minimum atomic E-state index is -0.378. The molecule has 7 nitrogen and oxygen atoms in total. The Morgan fingerprint density at radius 3 is 2.59 bits per heavy atom. The van der Waals surface area contributed by atoms with Crippen LogP contribution in [0.15, 0.2) is 54.6 Å². The van der Waals surface area contributed by atoms with Crippen LogP contribution in [0.3, 0.4) is 0 Å². The summed E-state index contributed by atoms with van der Waals surface area (Å²) < 4.78 is 15.1. The molecule has 1 atom stereocenters. The number of likely N-dealkylation sites (tertiary alicyclic amines) is 1. The molecular formula is C24H26FN5O2. The second-order valence-corrected chi connectivity index (χ2v) is 8.00. The van der Waals surface area contributed by atoms with E-state index in [-0.39, 0.29) is 23.5 Å². The summed E-state index contributed by atoms with van der Waals surface area (Å²) in [5.74, 6) is 0.709.